The molecule has 106 valence electrons. The van der Waals surface area contributed by atoms with Gasteiger partial charge in [0, 0.05) is 12.6 Å². The summed E-state index contributed by atoms with van der Waals surface area (Å²) in [5.74, 6) is 0.184. The summed E-state index contributed by atoms with van der Waals surface area (Å²) in [7, 11) is 0. The number of rotatable bonds is 6. The molecule has 0 spiro atoms. The third kappa shape index (κ3) is 3.14. The van der Waals surface area contributed by atoms with E-state index in [0.29, 0.717) is 10.4 Å². The van der Waals surface area contributed by atoms with Gasteiger partial charge in [-0.05, 0) is 54.3 Å². The third-order valence-corrected chi connectivity index (χ3v) is 5.63. The molecule has 0 amide bonds. The summed E-state index contributed by atoms with van der Waals surface area (Å²) in [5.41, 5.74) is 1.30. The lowest BCUT2D eigenvalue weighted by molar-refractivity contribution is 0.0819. The van der Waals surface area contributed by atoms with Crippen LogP contribution in [0.4, 0.5) is 0 Å². The molecule has 0 bridgehead atoms. The minimum absolute atomic E-state index is 0.0860. The van der Waals surface area contributed by atoms with E-state index < -0.39 is 0 Å². The topological polar surface area (TPSA) is 20.3 Å². The van der Waals surface area contributed by atoms with Crippen LogP contribution in [0.3, 0.4) is 0 Å². The standard InChI is InChI=1S/C15H16ClNOS2/c1-10(15(18)13-4-5-14(16)20-13)17(12-2-3-12)8-11-6-7-19-9-11/h4-7,9-10,12H,2-3,8H2,1H3. The van der Waals surface area contributed by atoms with Crippen LogP contribution < -0.4 is 0 Å². The van der Waals surface area contributed by atoms with E-state index >= 15 is 0 Å². The van der Waals surface area contributed by atoms with E-state index in [-0.39, 0.29) is 11.8 Å². The normalized spacial score (nSPS) is 16.6. The second-order valence-corrected chi connectivity index (χ2v) is 7.67. The van der Waals surface area contributed by atoms with Crippen molar-refractivity contribution in [2.75, 3.05) is 0 Å². The molecule has 2 aromatic heterocycles. The molecule has 2 nitrogen and oxygen atoms in total. The molecular formula is C15H16ClNOS2. The van der Waals surface area contributed by atoms with E-state index in [1.807, 2.05) is 13.0 Å². The van der Waals surface area contributed by atoms with Crippen LogP contribution in [0.1, 0.15) is 35.0 Å². The molecule has 0 radical (unpaired) electrons. The van der Waals surface area contributed by atoms with Crippen molar-refractivity contribution < 1.29 is 4.79 Å². The molecule has 0 aromatic carbocycles. The van der Waals surface area contributed by atoms with Crippen LogP contribution >= 0.6 is 34.3 Å². The second-order valence-electron chi connectivity index (χ2n) is 5.18. The maximum absolute atomic E-state index is 12.6. The fraction of sp³-hybridized carbons (Fsp3) is 0.400. The van der Waals surface area contributed by atoms with Crippen molar-refractivity contribution in [1.29, 1.82) is 0 Å². The van der Waals surface area contributed by atoms with Crippen LogP contribution in [-0.4, -0.2) is 22.8 Å². The Balaban J connectivity index is 1.75. The van der Waals surface area contributed by atoms with Crippen molar-refractivity contribution in [1.82, 2.24) is 4.90 Å². The van der Waals surface area contributed by atoms with Crippen molar-refractivity contribution in [2.45, 2.75) is 38.4 Å². The number of halogens is 1. The molecule has 0 aliphatic heterocycles. The van der Waals surface area contributed by atoms with E-state index in [2.05, 4.69) is 21.7 Å². The van der Waals surface area contributed by atoms with Gasteiger partial charge in [-0.1, -0.05) is 11.6 Å². The smallest absolute Gasteiger partial charge is 0.189 e. The Morgan fingerprint density at radius 3 is 2.80 bits per heavy atom. The van der Waals surface area contributed by atoms with Crippen molar-refractivity contribution in [3.8, 4) is 0 Å². The number of thiophene rings is 2. The van der Waals surface area contributed by atoms with E-state index in [1.54, 1.807) is 17.4 Å². The molecule has 1 aliphatic carbocycles. The fourth-order valence-electron chi connectivity index (χ4n) is 2.39. The first-order chi connectivity index (χ1) is 9.65. The Labute approximate surface area is 132 Å². The molecule has 0 saturated heterocycles. The number of carbonyl (C=O) groups excluding carboxylic acids is 1. The minimum Gasteiger partial charge on any atom is -0.291 e. The molecule has 3 rings (SSSR count). The highest BCUT2D eigenvalue weighted by Crippen LogP contribution is 2.32. The second kappa shape index (κ2) is 5.98. The SMILES string of the molecule is CC(C(=O)c1ccc(Cl)s1)N(Cc1ccsc1)C1CC1. The van der Waals surface area contributed by atoms with Crippen molar-refractivity contribution in [3.05, 3.63) is 43.7 Å². The molecule has 1 aliphatic rings. The molecule has 1 saturated carbocycles. The zero-order chi connectivity index (χ0) is 14.1. The predicted molar refractivity (Wildman–Crippen MR) is 86.0 cm³/mol. The first kappa shape index (κ1) is 14.3. The number of Topliss-reactive ketones (excluding diaryl/α,β-unsaturated/α-hetero) is 1. The van der Waals surface area contributed by atoms with Crippen molar-refractivity contribution in [2.24, 2.45) is 0 Å². The van der Waals surface area contributed by atoms with E-state index in [9.17, 15) is 4.79 Å². The summed E-state index contributed by atoms with van der Waals surface area (Å²) < 4.78 is 0.677. The highest BCUT2D eigenvalue weighted by molar-refractivity contribution is 7.18. The van der Waals surface area contributed by atoms with Crippen LogP contribution in [0.2, 0.25) is 4.34 Å². The Morgan fingerprint density at radius 2 is 2.25 bits per heavy atom. The molecule has 2 heterocycles. The van der Waals surface area contributed by atoms with Gasteiger partial charge in [-0.2, -0.15) is 11.3 Å². The number of hydrogen-bond donors (Lipinski definition) is 0. The average molecular weight is 326 g/mol. The van der Waals surface area contributed by atoms with E-state index in [4.69, 9.17) is 11.6 Å². The van der Waals surface area contributed by atoms with Gasteiger partial charge < -0.3 is 0 Å². The van der Waals surface area contributed by atoms with E-state index in [0.717, 1.165) is 11.4 Å². The highest BCUT2D eigenvalue weighted by Gasteiger charge is 2.35. The van der Waals surface area contributed by atoms with E-state index in [1.165, 1.54) is 29.7 Å². The third-order valence-electron chi connectivity index (χ3n) is 3.65. The van der Waals surface area contributed by atoms with Gasteiger partial charge in [0.1, 0.15) is 0 Å². The van der Waals surface area contributed by atoms with Crippen LogP contribution in [0, 0.1) is 0 Å². The first-order valence-electron chi connectivity index (χ1n) is 6.71. The number of hydrogen-bond acceptors (Lipinski definition) is 4. The van der Waals surface area contributed by atoms with Crippen molar-refractivity contribution in [3.63, 3.8) is 0 Å². The van der Waals surface area contributed by atoms with Crippen LogP contribution in [0.25, 0.3) is 0 Å². The molecule has 20 heavy (non-hydrogen) atoms. The Morgan fingerprint density at radius 1 is 1.45 bits per heavy atom. The monoisotopic (exact) mass is 325 g/mol. The molecule has 1 atom stereocenters. The summed E-state index contributed by atoms with van der Waals surface area (Å²) in [4.78, 5) is 15.7. The van der Waals surface area contributed by atoms with Gasteiger partial charge in [-0.15, -0.1) is 11.3 Å². The van der Waals surface area contributed by atoms with Gasteiger partial charge >= 0.3 is 0 Å². The molecule has 5 heteroatoms. The zero-order valence-corrected chi connectivity index (χ0v) is 13.6. The van der Waals surface area contributed by atoms with Crippen LogP contribution in [0.5, 0.6) is 0 Å². The molecule has 2 aromatic rings. The maximum Gasteiger partial charge on any atom is 0.189 e. The summed E-state index contributed by atoms with van der Waals surface area (Å²) in [6.07, 6.45) is 2.40. The van der Waals surface area contributed by atoms with Gasteiger partial charge in [-0.3, -0.25) is 9.69 Å². The van der Waals surface area contributed by atoms with Crippen LogP contribution in [0.15, 0.2) is 29.0 Å². The summed E-state index contributed by atoms with van der Waals surface area (Å²) in [6.45, 7) is 2.88. The highest BCUT2D eigenvalue weighted by atomic mass is 35.5. The molecule has 1 fully saturated rings. The van der Waals surface area contributed by atoms with Gasteiger partial charge in [0.05, 0.1) is 15.3 Å². The summed E-state index contributed by atoms with van der Waals surface area (Å²) in [5, 5.41) is 4.25. The lowest BCUT2D eigenvalue weighted by Crippen LogP contribution is -2.39. The molecular weight excluding hydrogens is 310 g/mol. The van der Waals surface area contributed by atoms with Gasteiger partial charge in [0.2, 0.25) is 0 Å². The Kier molecular flexibility index (Phi) is 4.26. The summed E-state index contributed by atoms with van der Waals surface area (Å²) >= 11 is 9.01. The lowest BCUT2D eigenvalue weighted by Gasteiger charge is -2.27. The number of ketones is 1. The Bertz CT molecular complexity index is 589. The Hall–Kier alpha value is -0.680. The largest absolute Gasteiger partial charge is 0.291 e. The van der Waals surface area contributed by atoms with Gasteiger partial charge in [0.25, 0.3) is 0 Å². The first-order valence-corrected chi connectivity index (χ1v) is 8.85. The lowest BCUT2D eigenvalue weighted by atomic mass is 10.1. The minimum atomic E-state index is -0.0860. The van der Waals surface area contributed by atoms with Gasteiger partial charge in [0.15, 0.2) is 5.78 Å². The summed E-state index contributed by atoms with van der Waals surface area (Å²) in [6, 6.07) is 6.24. The number of carbonyl (C=O) groups is 1. The van der Waals surface area contributed by atoms with Gasteiger partial charge in [-0.25, -0.2) is 0 Å². The zero-order valence-electron chi connectivity index (χ0n) is 11.2. The number of nitrogens with zero attached hydrogens (tertiary/aromatic N) is 1. The molecule has 1 unspecified atom stereocenters. The predicted octanol–water partition coefficient (Wildman–Crippen LogP) is 4.70. The quantitative estimate of drug-likeness (QED) is 0.717. The average Bonchev–Trinajstić information content (AvgIpc) is 2.97. The van der Waals surface area contributed by atoms with Crippen molar-refractivity contribution >= 4 is 40.1 Å². The van der Waals surface area contributed by atoms with Crippen LogP contribution in [-0.2, 0) is 6.54 Å². The molecule has 0 N–H and O–H groups in total. The maximum atomic E-state index is 12.6. The fourth-order valence-corrected chi connectivity index (χ4v) is 4.11.